The van der Waals surface area contributed by atoms with E-state index < -0.39 is 5.54 Å². The summed E-state index contributed by atoms with van der Waals surface area (Å²) in [6, 6.07) is 7.92. The number of nitrogens with one attached hydrogen (secondary N) is 2. The van der Waals surface area contributed by atoms with Gasteiger partial charge in [0.2, 0.25) is 0 Å². The third-order valence-electron chi connectivity index (χ3n) is 3.63. The molecule has 0 spiro atoms. The van der Waals surface area contributed by atoms with Gasteiger partial charge in [0.1, 0.15) is 13.4 Å². The summed E-state index contributed by atoms with van der Waals surface area (Å²) in [5.41, 5.74) is 1.23. The minimum atomic E-state index is -0.808. The monoisotopic (exact) mass is 243 g/mol. The first-order chi connectivity index (χ1) is 8.39. The van der Waals surface area contributed by atoms with Crippen LogP contribution in [0.5, 0.6) is 0 Å². The first kappa shape index (κ1) is 12.7. The smallest absolute Gasteiger partial charge is 0.259 e. The summed E-state index contributed by atoms with van der Waals surface area (Å²) in [6.07, 6.45) is 0. The molecule has 1 heterocycles. The number of amides is 1. The molecule has 5 heteroatoms. The fourth-order valence-electron chi connectivity index (χ4n) is 2.50. The van der Waals surface area contributed by atoms with Gasteiger partial charge in [-0.05, 0) is 11.5 Å². The highest BCUT2D eigenvalue weighted by atomic mass is 16.2. The van der Waals surface area contributed by atoms with E-state index in [9.17, 15) is 4.79 Å². The molecule has 0 bridgehead atoms. The van der Waals surface area contributed by atoms with Gasteiger partial charge >= 0.3 is 0 Å². The zero-order valence-corrected chi connectivity index (χ0v) is 11.2. The van der Waals surface area contributed by atoms with Gasteiger partial charge < -0.3 is 5.32 Å². The molecule has 18 heavy (non-hydrogen) atoms. The van der Waals surface area contributed by atoms with Crippen molar-refractivity contribution in [2.75, 3.05) is 7.05 Å². The Morgan fingerprint density at radius 2 is 2.11 bits per heavy atom. The van der Waals surface area contributed by atoms with Crippen molar-refractivity contribution in [2.24, 2.45) is 5.92 Å². The van der Waals surface area contributed by atoms with E-state index in [2.05, 4.69) is 5.32 Å². The minimum absolute atomic E-state index is 0.0619. The topological polar surface area (TPSA) is 56.2 Å². The number of hydrogen-bond acceptors (Lipinski definition) is 2. The molecule has 1 unspecified atom stereocenters. The molecule has 0 aromatic heterocycles. The number of rotatable bonds is 2. The Morgan fingerprint density at radius 3 is 2.56 bits per heavy atom. The zero-order chi connectivity index (χ0) is 13.5. The number of carbonyl (C=O) groups excluding carboxylic acids is 1. The van der Waals surface area contributed by atoms with Crippen molar-refractivity contribution >= 4 is 25.2 Å². The van der Waals surface area contributed by atoms with Gasteiger partial charge in [-0.15, -0.1) is 0 Å². The lowest BCUT2D eigenvalue weighted by molar-refractivity contribution is -0.132. The summed E-state index contributed by atoms with van der Waals surface area (Å²) in [4.78, 5) is 13.9. The second-order valence-corrected chi connectivity index (χ2v) is 5.17. The van der Waals surface area contributed by atoms with Gasteiger partial charge in [0.15, 0.2) is 5.96 Å². The molecule has 1 aromatic rings. The van der Waals surface area contributed by atoms with Crippen molar-refractivity contribution < 1.29 is 4.79 Å². The Morgan fingerprint density at radius 1 is 1.44 bits per heavy atom. The highest BCUT2D eigenvalue weighted by Gasteiger charge is 2.51. The van der Waals surface area contributed by atoms with Crippen molar-refractivity contribution in [3.05, 3.63) is 29.8 Å². The van der Waals surface area contributed by atoms with E-state index in [1.54, 1.807) is 7.05 Å². The van der Waals surface area contributed by atoms with Gasteiger partial charge in [-0.2, -0.15) is 0 Å². The summed E-state index contributed by atoms with van der Waals surface area (Å²) >= 11 is 0. The lowest BCUT2D eigenvalue weighted by Gasteiger charge is -2.31. The van der Waals surface area contributed by atoms with Crippen molar-refractivity contribution in [3.8, 4) is 0 Å². The fraction of sp³-hybridized carbons (Fsp3) is 0.385. The lowest BCUT2D eigenvalue weighted by Crippen LogP contribution is -2.48. The average molecular weight is 243 g/mol. The second kappa shape index (κ2) is 4.16. The number of guanidine groups is 1. The lowest BCUT2D eigenvalue weighted by atomic mass is 9.78. The molecule has 94 valence electrons. The Hall–Kier alpha value is -1.78. The summed E-state index contributed by atoms with van der Waals surface area (Å²) in [5.74, 6) is 0.167. The van der Waals surface area contributed by atoms with E-state index >= 15 is 0 Å². The maximum atomic E-state index is 12.5. The van der Waals surface area contributed by atoms with Gasteiger partial charge in [-0.25, -0.2) is 0 Å². The van der Waals surface area contributed by atoms with E-state index in [1.807, 2.05) is 46.0 Å². The van der Waals surface area contributed by atoms with Gasteiger partial charge in [0, 0.05) is 7.05 Å². The molecule has 2 N–H and O–H groups in total. The van der Waals surface area contributed by atoms with E-state index in [0.29, 0.717) is 0 Å². The van der Waals surface area contributed by atoms with Crippen LogP contribution in [0.4, 0.5) is 0 Å². The van der Waals surface area contributed by atoms with Crippen molar-refractivity contribution in [2.45, 2.75) is 19.4 Å². The molecule has 1 aliphatic rings. The van der Waals surface area contributed by atoms with Crippen LogP contribution >= 0.6 is 0 Å². The van der Waals surface area contributed by atoms with E-state index in [1.165, 1.54) is 4.90 Å². The standard InChI is InChI=1S/C13H18BN3O/c1-8(2)13(9-5-4-6-10(14)7-9)11(18)17(3)12(15)16-13/h4-8H,14H2,1-3H3,(H2,15,16). The Balaban J connectivity index is 2.60. The van der Waals surface area contributed by atoms with E-state index in [-0.39, 0.29) is 17.8 Å². The van der Waals surface area contributed by atoms with Gasteiger partial charge in [0.05, 0.1) is 0 Å². The predicted molar refractivity (Wildman–Crippen MR) is 74.8 cm³/mol. The van der Waals surface area contributed by atoms with Crippen LogP contribution < -0.4 is 10.8 Å². The maximum absolute atomic E-state index is 12.5. The van der Waals surface area contributed by atoms with Gasteiger partial charge in [-0.1, -0.05) is 43.6 Å². The fourth-order valence-corrected chi connectivity index (χ4v) is 2.50. The molecule has 4 nitrogen and oxygen atoms in total. The SMILES string of the molecule is Bc1cccc(C2(C(C)C)NC(=N)N(C)C2=O)c1. The molecule has 1 fully saturated rings. The minimum Gasteiger partial charge on any atom is -0.338 e. The highest BCUT2D eigenvalue weighted by Crippen LogP contribution is 2.34. The summed E-state index contributed by atoms with van der Waals surface area (Å²) in [5, 5.41) is 10.9. The normalized spacial score (nSPS) is 23.7. The van der Waals surface area contributed by atoms with E-state index in [4.69, 9.17) is 5.41 Å². The molecule has 0 aliphatic carbocycles. The van der Waals surface area contributed by atoms with Gasteiger partial charge in [0.25, 0.3) is 5.91 Å². The third-order valence-corrected chi connectivity index (χ3v) is 3.63. The molecule has 0 saturated carbocycles. The maximum Gasteiger partial charge on any atom is 0.259 e. The number of benzene rings is 1. The van der Waals surface area contributed by atoms with Crippen LogP contribution in [0.15, 0.2) is 24.3 Å². The van der Waals surface area contributed by atoms with Crippen LogP contribution in [0.3, 0.4) is 0 Å². The highest BCUT2D eigenvalue weighted by molar-refractivity contribution is 6.32. The first-order valence-corrected chi connectivity index (χ1v) is 6.11. The Labute approximate surface area is 108 Å². The molecule has 1 atom stereocenters. The molecule has 2 rings (SSSR count). The predicted octanol–water partition coefficient (Wildman–Crippen LogP) is -0.207. The average Bonchev–Trinajstić information content (AvgIpc) is 2.55. The number of hydrogen-bond donors (Lipinski definition) is 2. The molecule has 0 radical (unpaired) electrons. The molecule has 1 amide bonds. The number of likely N-dealkylation sites (N-methyl/N-ethyl adjacent to an activating group) is 1. The van der Waals surface area contributed by atoms with Crippen molar-refractivity contribution in [1.82, 2.24) is 10.2 Å². The Bertz CT molecular complexity index is 515. The van der Waals surface area contributed by atoms with Crippen molar-refractivity contribution in [3.63, 3.8) is 0 Å². The molecular weight excluding hydrogens is 225 g/mol. The van der Waals surface area contributed by atoms with Crippen LogP contribution in [0.2, 0.25) is 0 Å². The second-order valence-electron chi connectivity index (χ2n) is 5.17. The zero-order valence-electron chi connectivity index (χ0n) is 11.2. The van der Waals surface area contributed by atoms with Gasteiger partial charge in [-0.3, -0.25) is 15.1 Å². The molecule has 1 saturated heterocycles. The Kier molecular flexibility index (Phi) is 2.93. The third kappa shape index (κ3) is 1.62. The molecule has 1 aliphatic heterocycles. The van der Waals surface area contributed by atoms with E-state index in [0.717, 1.165) is 11.0 Å². The van der Waals surface area contributed by atoms with Crippen molar-refractivity contribution in [1.29, 1.82) is 5.41 Å². The summed E-state index contributed by atoms with van der Waals surface area (Å²) in [7, 11) is 3.64. The summed E-state index contributed by atoms with van der Waals surface area (Å²) in [6.45, 7) is 4.00. The molecular formula is C13H18BN3O. The number of carbonyl (C=O) groups is 1. The largest absolute Gasteiger partial charge is 0.338 e. The number of nitrogens with zero attached hydrogens (tertiary/aromatic N) is 1. The first-order valence-electron chi connectivity index (χ1n) is 6.11. The summed E-state index contributed by atoms with van der Waals surface area (Å²) < 4.78 is 0. The van der Waals surface area contributed by atoms with Crippen LogP contribution in [-0.4, -0.2) is 31.7 Å². The van der Waals surface area contributed by atoms with Crippen LogP contribution in [-0.2, 0) is 10.3 Å². The van der Waals surface area contributed by atoms with Crippen LogP contribution in [0.1, 0.15) is 19.4 Å². The van der Waals surface area contributed by atoms with Crippen LogP contribution in [0, 0.1) is 11.3 Å². The quantitative estimate of drug-likeness (QED) is 0.706. The van der Waals surface area contributed by atoms with Crippen LogP contribution in [0.25, 0.3) is 0 Å². The molecule has 1 aromatic carbocycles.